The van der Waals surface area contributed by atoms with Gasteiger partial charge in [0.15, 0.2) is 6.61 Å². The highest BCUT2D eigenvalue weighted by molar-refractivity contribution is 6.31. The molecule has 1 fully saturated rings. The summed E-state index contributed by atoms with van der Waals surface area (Å²) in [5.74, 6) is -2.46. The van der Waals surface area contributed by atoms with E-state index in [-0.39, 0.29) is 18.9 Å². The van der Waals surface area contributed by atoms with Gasteiger partial charge in [0.25, 0.3) is 5.91 Å². The van der Waals surface area contributed by atoms with Crippen LogP contribution in [0.3, 0.4) is 0 Å². The molecule has 1 saturated heterocycles. The Kier molecular flexibility index (Phi) is 8.65. The fraction of sp³-hybridized carbons (Fsp3) is 0.360. The van der Waals surface area contributed by atoms with E-state index in [0.717, 1.165) is 18.4 Å². The Bertz CT molecular complexity index is 1070. The van der Waals surface area contributed by atoms with E-state index < -0.39 is 30.4 Å². The molecule has 9 heteroatoms. The molecule has 0 bridgehead atoms. The highest BCUT2D eigenvalue weighted by atomic mass is 35.5. The summed E-state index contributed by atoms with van der Waals surface area (Å²) < 4.78 is 10.3. The maximum absolute atomic E-state index is 12.5. The summed E-state index contributed by atoms with van der Waals surface area (Å²) >= 11 is 5.95. The van der Waals surface area contributed by atoms with Gasteiger partial charge >= 0.3 is 11.9 Å². The van der Waals surface area contributed by atoms with Crippen LogP contribution in [0.5, 0.6) is 0 Å². The normalized spacial score (nSPS) is 15.2. The lowest BCUT2D eigenvalue weighted by Gasteiger charge is -2.17. The Labute approximate surface area is 203 Å². The zero-order valence-corrected chi connectivity index (χ0v) is 19.9. The molecular formula is C25H27ClN2O6. The topological polar surface area (TPSA) is 102 Å². The second kappa shape index (κ2) is 11.7. The molecule has 0 saturated carbocycles. The first-order valence-corrected chi connectivity index (χ1v) is 11.5. The molecule has 1 N–H and O–H groups in total. The smallest absolute Gasteiger partial charge is 0.338 e. The molecular weight excluding hydrogens is 460 g/mol. The van der Waals surface area contributed by atoms with Crippen molar-refractivity contribution in [1.29, 1.82) is 0 Å². The van der Waals surface area contributed by atoms with Crippen LogP contribution in [-0.4, -0.2) is 43.5 Å². The van der Waals surface area contributed by atoms with Crippen LogP contribution in [0.4, 0.5) is 11.4 Å². The molecule has 180 valence electrons. The van der Waals surface area contributed by atoms with E-state index in [1.165, 1.54) is 4.90 Å². The number of carbonyl (C=O) groups excluding carboxylic acids is 4. The molecule has 0 unspecified atom stereocenters. The van der Waals surface area contributed by atoms with Crippen molar-refractivity contribution in [3.63, 3.8) is 0 Å². The molecule has 34 heavy (non-hydrogen) atoms. The summed E-state index contributed by atoms with van der Waals surface area (Å²) in [7, 11) is 0. The molecule has 1 atom stereocenters. The molecule has 2 aromatic carbocycles. The van der Waals surface area contributed by atoms with Crippen molar-refractivity contribution < 1.29 is 28.7 Å². The molecule has 1 heterocycles. The van der Waals surface area contributed by atoms with E-state index in [2.05, 4.69) is 5.32 Å². The lowest BCUT2D eigenvalue weighted by Crippen LogP contribution is -2.28. The number of unbranched alkanes of at least 4 members (excludes halogenated alkanes) is 1. The predicted octanol–water partition coefficient (Wildman–Crippen LogP) is 4.14. The fourth-order valence-electron chi connectivity index (χ4n) is 3.45. The number of ether oxygens (including phenoxy) is 2. The molecule has 8 nitrogen and oxygen atoms in total. The summed E-state index contributed by atoms with van der Waals surface area (Å²) in [6.45, 7) is 3.85. The molecule has 2 aromatic rings. The van der Waals surface area contributed by atoms with Crippen LogP contribution < -0.4 is 10.2 Å². The van der Waals surface area contributed by atoms with Gasteiger partial charge in [-0.05, 0) is 55.3 Å². The Morgan fingerprint density at radius 3 is 2.56 bits per heavy atom. The number of rotatable bonds is 9. The van der Waals surface area contributed by atoms with Crippen LogP contribution in [0.1, 0.15) is 42.1 Å². The van der Waals surface area contributed by atoms with E-state index >= 15 is 0 Å². The van der Waals surface area contributed by atoms with Gasteiger partial charge < -0.3 is 19.7 Å². The number of nitrogens with one attached hydrogen (secondary N) is 1. The lowest BCUT2D eigenvalue weighted by molar-refractivity contribution is -0.151. The predicted molar refractivity (Wildman–Crippen MR) is 128 cm³/mol. The fourth-order valence-corrected chi connectivity index (χ4v) is 3.63. The van der Waals surface area contributed by atoms with Crippen molar-refractivity contribution in [2.75, 3.05) is 30.0 Å². The number of hydrogen-bond acceptors (Lipinski definition) is 6. The minimum atomic E-state index is -0.688. The standard InChI is InChI=1S/C25H27ClN2O6/c1-3-4-11-33-24(31)17-6-9-20(10-7-17)28-14-18(12-23(28)30)25(32)34-15-22(29)27-21-13-19(26)8-5-16(21)2/h5-10,13,18H,3-4,11-12,14-15H2,1-2H3,(H,27,29)/t18-/m1/s1. The Morgan fingerprint density at radius 1 is 1.12 bits per heavy atom. The minimum absolute atomic E-state index is 0.0192. The second-order valence-electron chi connectivity index (χ2n) is 8.06. The maximum Gasteiger partial charge on any atom is 0.338 e. The minimum Gasteiger partial charge on any atom is -0.462 e. The van der Waals surface area contributed by atoms with Gasteiger partial charge in [0.2, 0.25) is 5.91 Å². The van der Waals surface area contributed by atoms with Crippen molar-refractivity contribution in [3.05, 3.63) is 58.6 Å². The second-order valence-corrected chi connectivity index (χ2v) is 8.49. The SMILES string of the molecule is CCCCOC(=O)c1ccc(N2C[C@H](C(=O)OCC(=O)Nc3cc(Cl)ccc3C)CC2=O)cc1. The molecule has 1 aliphatic rings. The van der Waals surface area contributed by atoms with Gasteiger partial charge in [0.05, 0.1) is 18.1 Å². The molecule has 0 aromatic heterocycles. The molecule has 0 aliphatic carbocycles. The van der Waals surface area contributed by atoms with Crippen LogP contribution in [0.2, 0.25) is 5.02 Å². The summed E-state index contributed by atoms with van der Waals surface area (Å²) in [5.41, 5.74) is 2.32. The van der Waals surface area contributed by atoms with Crippen molar-refractivity contribution in [3.8, 4) is 0 Å². The van der Waals surface area contributed by atoms with Crippen molar-refractivity contribution in [1.82, 2.24) is 0 Å². The monoisotopic (exact) mass is 486 g/mol. The quantitative estimate of drug-likeness (QED) is 0.422. The number of hydrogen-bond donors (Lipinski definition) is 1. The van der Waals surface area contributed by atoms with Gasteiger partial charge in [-0.2, -0.15) is 0 Å². The largest absolute Gasteiger partial charge is 0.462 e. The van der Waals surface area contributed by atoms with Gasteiger partial charge in [-0.15, -0.1) is 0 Å². The molecule has 2 amide bonds. The lowest BCUT2D eigenvalue weighted by atomic mass is 10.1. The van der Waals surface area contributed by atoms with Crippen LogP contribution in [0, 0.1) is 12.8 Å². The van der Waals surface area contributed by atoms with Crippen LogP contribution >= 0.6 is 11.6 Å². The highest BCUT2D eigenvalue weighted by Crippen LogP contribution is 2.26. The van der Waals surface area contributed by atoms with Gasteiger partial charge in [-0.25, -0.2) is 4.79 Å². The Hall–Kier alpha value is -3.39. The van der Waals surface area contributed by atoms with E-state index in [1.54, 1.807) is 42.5 Å². The van der Waals surface area contributed by atoms with Crippen molar-refractivity contribution in [2.45, 2.75) is 33.1 Å². The van der Waals surface area contributed by atoms with Gasteiger partial charge in [-0.1, -0.05) is 31.0 Å². The number of benzene rings is 2. The van der Waals surface area contributed by atoms with Crippen LogP contribution in [0.25, 0.3) is 0 Å². The highest BCUT2D eigenvalue weighted by Gasteiger charge is 2.36. The third kappa shape index (κ3) is 6.57. The first-order valence-electron chi connectivity index (χ1n) is 11.1. The summed E-state index contributed by atoms with van der Waals surface area (Å²) in [6, 6.07) is 11.5. The maximum atomic E-state index is 12.5. The Morgan fingerprint density at radius 2 is 1.85 bits per heavy atom. The third-order valence-electron chi connectivity index (χ3n) is 5.42. The number of aryl methyl sites for hydroxylation is 1. The van der Waals surface area contributed by atoms with Crippen molar-refractivity contribution >= 4 is 46.7 Å². The summed E-state index contributed by atoms with van der Waals surface area (Å²) in [5, 5.41) is 3.13. The first kappa shape index (κ1) is 25.2. The molecule has 3 rings (SSSR count). The number of carbonyl (C=O) groups is 4. The van der Waals surface area contributed by atoms with Gasteiger partial charge in [-0.3, -0.25) is 14.4 Å². The van der Waals surface area contributed by atoms with Crippen LogP contribution in [0.15, 0.2) is 42.5 Å². The third-order valence-corrected chi connectivity index (χ3v) is 5.66. The molecule has 0 radical (unpaired) electrons. The number of amides is 2. The van der Waals surface area contributed by atoms with E-state index in [9.17, 15) is 19.2 Å². The number of nitrogens with zero attached hydrogens (tertiary/aromatic N) is 1. The summed E-state index contributed by atoms with van der Waals surface area (Å²) in [6.07, 6.45) is 1.71. The number of esters is 2. The van der Waals surface area contributed by atoms with E-state index in [0.29, 0.717) is 28.6 Å². The van der Waals surface area contributed by atoms with Gasteiger partial charge in [0.1, 0.15) is 0 Å². The van der Waals surface area contributed by atoms with Crippen LogP contribution in [-0.2, 0) is 23.9 Å². The average molecular weight is 487 g/mol. The molecule has 0 spiro atoms. The number of halogens is 1. The van der Waals surface area contributed by atoms with E-state index in [4.69, 9.17) is 21.1 Å². The average Bonchev–Trinajstić information content (AvgIpc) is 3.21. The first-order chi connectivity index (χ1) is 16.3. The van der Waals surface area contributed by atoms with Crippen molar-refractivity contribution in [2.24, 2.45) is 5.92 Å². The zero-order valence-electron chi connectivity index (χ0n) is 19.1. The van der Waals surface area contributed by atoms with Gasteiger partial charge in [0, 0.05) is 29.4 Å². The zero-order chi connectivity index (χ0) is 24.7. The van der Waals surface area contributed by atoms with E-state index in [1.807, 2.05) is 13.8 Å². The summed E-state index contributed by atoms with van der Waals surface area (Å²) in [4.78, 5) is 50.6. The Balaban J connectivity index is 1.51. The number of anilines is 2. The molecule has 1 aliphatic heterocycles.